The van der Waals surface area contributed by atoms with E-state index in [1.807, 2.05) is 33.7 Å². The molecule has 8 nitrogen and oxygen atoms in total. The SMILES string of the molecule is NC(=O)N/N=C/c1ccsc1.NC(=O)N/N=C/c1ccsc1.[Br][Ni][Br]. The van der Waals surface area contributed by atoms with E-state index in [0.29, 0.717) is 0 Å². The van der Waals surface area contributed by atoms with Crippen molar-refractivity contribution >= 4 is 75.6 Å². The first kappa shape index (κ1) is 23.7. The minimum atomic E-state index is -0.656. The number of urea groups is 2. The summed E-state index contributed by atoms with van der Waals surface area (Å²) >= 11 is 9.13. The van der Waals surface area contributed by atoms with E-state index in [9.17, 15) is 9.59 Å². The third-order valence-corrected chi connectivity index (χ3v) is 3.27. The molecule has 0 aromatic carbocycles. The van der Waals surface area contributed by atoms with Gasteiger partial charge in [-0.3, -0.25) is 0 Å². The number of hydrogen-bond donors (Lipinski definition) is 4. The van der Waals surface area contributed by atoms with E-state index in [0.717, 1.165) is 11.1 Å². The number of nitrogens with two attached hydrogens (primary N) is 2. The van der Waals surface area contributed by atoms with Crippen LogP contribution < -0.4 is 22.3 Å². The Morgan fingerprint density at radius 1 is 0.960 bits per heavy atom. The fourth-order valence-corrected chi connectivity index (χ4v) is 2.26. The van der Waals surface area contributed by atoms with Crippen molar-refractivity contribution in [2.24, 2.45) is 21.7 Å². The summed E-state index contributed by atoms with van der Waals surface area (Å²) in [7, 11) is 1.25. The standard InChI is InChI=1S/2C6H7N3OS.2BrH.Ni/c2*7-6(10)9-8-3-5-1-2-11-4-5;;;/h2*1-4H,(H3,7,9,10);2*1H;/q;;;;+2/p-2/b2*8-3+;;;. The summed E-state index contributed by atoms with van der Waals surface area (Å²) in [6.45, 7) is 0. The molecule has 2 aromatic rings. The Kier molecular flexibility index (Phi) is 15.4. The third-order valence-electron chi connectivity index (χ3n) is 1.86. The molecule has 13 heteroatoms. The normalized spacial score (nSPS) is 9.84. The summed E-state index contributed by atoms with van der Waals surface area (Å²) in [5.41, 5.74) is 15.6. The molecule has 0 saturated carbocycles. The fraction of sp³-hybridized carbons (Fsp3) is 0. The van der Waals surface area contributed by atoms with Crippen molar-refractivity contribution in [2.45, 2.75) is 0 Å². The molecule has 4 amide bonds. The average molecular weight is 557 g/mol. The van der Waals surface area contributed by atoms with Gasteiger partial charge in [-0.2, -0.15) is 32.9 Å². The second-order valence-electron chi connectivity index (χ2n) is 3.63. The number of halogens is 2. The molecule has 0 atom stereocenters. The van der Waals surface area contributed by atoms with Crippen molar-refractivity contribution in [3.8, 4) is 0 Å². The maximum atomic E-state index is 10.1. The number of carbonyl (C=O) groups excluding carboxylic acids is 2. The topological polar surface area (TPSA) is 135 Å². The van der Waals surface area contributed by atoms with Crippen molar-refractivity contribution in [2.75, 3.05) is 0 Å². The summed E-state index contributed by atoms with van der Waals surface area (Å²) < 4.78 is 0. The molecule has 0 radical (unpaired) electrons. The van der Waals surface area contributed by atoms with Gasteiger partial charge >= 0.3 is 51.4 Å². The molecule has 0 fully saturated rings. The van der Waals surface area contributed by atoms with Crippen LogP contribution in [0.4, 0.5) is 9.59 Å². The number of thiophene rings is 2. The van der Waals surface area contributed by atoms with Gasteiger partial charge in [-0.05, 0) is 33.7 Å². The van der Waals surface area contributed by atoms with E-state index in [4.69, 9.17) is 11.5 Å². The molecule has 0 unspecified atom stereocenters. The first-order chi connectivity index (χ1) is 12.0. The van der Waals surface area contributed by atoms with E-state index in [2.05, 4.69) is 49.5 Å². The zero-order valence-electron chi connectivity index (χ0n) is 12.4. The van der Waals surface area contributed by atoms with E-state index in [-0.39, 0.29) is 0 Å². The Hall–Kier alpha value is -1.27. The number of nitrogens with zero attached hydrogens (tertiary/aromatic N) is 2. The van der Waals surface area contributed by atoms with Gasteiger partial charge in [0.1, 0.15) is 0 Å². The Bertz CT molecular complexity index is 596. The number of carbonyl (C=O) groups is 2. The Morgan fingerprint density at radius 3 is 1.56 bits per heavy atom. The molecule has 6 N–H and O–H groups in total. The van der Waals surface area contributed by atoms with Crippen LogP contribution in [-0.4, -0.2) is 24.5 Å². The molecule has 25 heavy (non-hydrogen) atoms. The molecular weight excluding hydrogens is 543 g/mol. The van der Waals surface area contributed by atoms with E-state index >= 15 is 0 Å². The third kappa shape index (κ3) is 16.0. The zero-order chi connectivity index (χ0) is 18.9. The Labute approximate surface area is 172 Å². The van der Waals surface area contributed by atoms with Crippen molar-refractivity contribution in [3.63, 3.8) is 0 Å². The number of hydrogen-bond acceptors (Lipinski definition) is 6. The van der Waals surface area contributed by atoms with E-state index in [1.165, 1.54) is 23.3 Å². The van der Waals surface area contributed by atoms with Crippen LogP contribution in [0.3, 0.4) is 0 Å². The van der Waals surface area contributed by atoms with Crippen molar-refractivity contribution in [1.29, 1.82) is 0 Å². The van der Waals surface area contributed by atoms with Gasteiger partial charge < -0.3 is 11.5 Å². The van der Waals surface area contributed by atoms with Crippen LogP contribution >= 0.6 is 51.1 Å². The van der Waals surface area contributed by atoms with Crippen LogP contribution in [-0.2, 0) is 10.9 Å². The summed E-state index contributed by atoms with van der Waals surface area (Å²) in [5, 5.41) is 14.8. The van der Waals surface area contributed by atoms with Crippen LogP contribution in [0.25, 0.3) is 0 Å². The van der Waals surface area contributed by atoms with Crippen LogP contribution in [0.1, 0.15) is 11.1 Å². The van der Waals surface area contributed by atoms with Crippen molar-refractivity contribution < 1.29 is 20.5 Å². The van der Waals surface area contributed by atoms with Gasteiger partial charge in [-0.1, -0.05) is 0 Å². The van der Waals surface area contributed by atoms with Gasteiger partial charge in [0.25, 0.3) is 0 Å². The Balaban J connectivity index is 0.000000399. The van der Waals surface area contributed by atoms with Gasteiger partial charge in [-0.15, -0.1) is 0 Å². The second kappa shape index (κ2) is 16.2. The number of nitrogens with one attached hydrogen (secondary N) is 2. The molecule has 0 spiro atoms. The zero-order valence-corrected chi connectivity index (χ0v) is 18.2. The van der Waals surface area contributed by atoms with E-state index < -0.39 is 12.1 Å². The molecule has 2 aromatic heterocycles. The predicted molar refractivity (Wildman–Crippen MR) is 107 cm³/mol. The first-order valence-corrected chi connectivity index (χ1v) is 12.8. The van der Waals surface area contributed by atoms with Crippen molar-refractivity contribution in [3.05, 3.63) is 44.8 Å². The summed E-state index contributed by atoms with van der Waals surface area (Å²) in [6.07, 6.45) is 3.06. The number of primary amides is 2. The molecule has 0 aliphatic heterocycles. The monoisotopic (exact) mass is 554 g/mol. The molecule has 0 aliphatic carbocycles. The van der Waals surface area contributed by atoms with Gasteiger partial charge in [0, 0.05) is 11.1 Å². The van der Waals surface area contributed by atoms with Crippen LogP contribution in [0.5, 0.6) is 0 Å². The van der Waals surface area contributed by atoms with Gasteiger partial charge in [0.05, 0.1) is 12.4 Å². The number of rotatable bonds is 4. The molecule has 2 rings (SSSR count). The van der Waals surface area contributed by atoms with Gasteiger partial charge in [-0.25, -0.2) is 20.4 Å². The molecule has 140 valence electrons. The maximum absolute atomic E-state index is 10.1. The molecule has 0 bridgehead atoms. The van der Waals surface area contributed by atoms with Gasteiger partial charge in [0.15, 0.2) is 0 Å². The summed E-state index contributed by atoms with van der Waals surface area (Å²) in [5.74, 6) is 0. The van der Waals surface area contributed by atoms with Gasteiger partial charge in [0.2, 0.25) is 0 Å². The average Bonchev–Trinajstić information content (AvgIpc) is 3.21. The van der Waals surface area contributed by atoms with Crippen LogP contribution in [0.15, 0.2) is 43.9 Å². The molecule has 0 aliphatic rings. The predicted octanol–water partition coefficient (Wildman–Crippen LogP) is 3.19. The Morgan fingerprint density at radius 2 is 1.32 bits per heavy atom. The van der Waals surface area contributed by atoms with E-state index in [1.54, 1.807) is 22.7 Å². The van der Waals surface area contributed by atoms with Crippen LogP contribution in [0, 0.1) is 0 Å². The quantitative estimate of drug-likeness (QED) is 0.261. The molecule has 2 heterocycles. The van der Waals surface area contributed by atoms with Crippen LogP contribution in [0.2, 0.25) is 0 Å². The van der Waals surface area contributed by atoms with Crippen molar-refractivity contribution in [1.82, 2.24) is 10.9 Å². The molecular formula is C12H14Br2N6NiO2S2. The fourth-order valence-electron chi connectivity index (χ4n) is 1.04. The number of hydrazone groups is 2. The first-order valence-electron chi connectivity index (χ1n) is 6.03. The minimum absolute atomic E-state index is 0.656. The summed E-state index contributed by atoms with van der Waals surface area (Å²) in [6, 6.07) is 2.46. The molecule has 0 saturated heterocycles. The second-order valence-corrected chi connectivity index (χ2v) is 10.2. The summed E-state index contributed by atoms with van der Waals surface area (Å²) in [4.78, 5) is 20.3. The number of amides is 4.